The highest BCUT2D eigenvalue weighted by Gasteiger charge is 2.06. The van der Waals surface area contributed by atoms with Gasteiger partial charge in [-0.05, 0) is 19.8 Å². The van der Waals surface area contributed by atoms with E-state index in [1.807, 2.05) is 13.8 Å². The maximum Gasteiger partial charge on any atom is 0.154 e. The molecule has 0 bridgehead atoms. The average Bonchev–Trinajstić information content (AvgIpc) is 2.05. The van der Waals surface area contributed by atoms with Crippen LogP contribution in [0.2, 0.25) is 0 Å². The predicted molar refractivity (Wildman–Crippen MR) is 51.0 cm³/mol. The molecule has 0 fully saturated rings. The van der Waals surface area contributed by atoms with E-state index in [0.717, 1.165) is 6.42 Å². The molecule has 74 valence electrons. The Hall–Kier alpha value is -0.0800. The van der Waals surface area contributed by atoms with Crippen molar-refractivity contribution in [1.82, 2.24) is 0 Å². The van der Waals surface area contributed by atoms with E-state index in [0.29, 0.717) is 6.42 Å². The number of hydrogen-bond acceptors (Lipinski definition) is 2. The molecule has 0 amide bonds. The van der Waals surface area contributed by atoms with Gasteiger partial charge in [0, 0.05) is 0 Å². The largest absolute Gasteiger partial charge is 0.368 e. The van der Waals surface area contributed by atoms with Crippen LogP contribution in [-0.2, 0) is 4.74 Å². The molecule has 0 heterocycles. The average molecular weight is 174 g/mol. The highest BCUT2D eigenvalue weighted by Crippen LogP contribution is 2.08. The first-order valence-electron chi connectivity index (χ1n) is 5.04. The lowest BCUT2D eigenvalue weighted by atomic mass is 10.1. The molecule has 0 aliphatic heterocycles. The van der Waals surface area contributed by atoms with E-state index in [4.69, 9.17) is 9.84 Å². The molecule has 0 aliphatic carbocycles. The minimum atomic E-state index is -0.568. The number of rotatable bonds is 7. The SMILES string of the molecule is CCCCCC(C)OC(O)CC. The molecule has 2 heteroatoms. The Labute approximate surface area is 75.9 Å². The molecule has 0 saturated heterocycles. The van der Waals surface area contributed by atoms with Crippen molar-refractivity contribution in [2.45, 2.75) is 65.3 Å². The van der Waals surface area contributed by atoms with Crippen molar-refractivity contribution in [2.75, 3.05) is 0 Å². The van der Waals surface area contributed by atoms with Crippen molar-refractivity contribution in [3.8, 4) is 0 Å². The second-order valence-electron chi connectivity index (χ2n) is 3.31. The van der Waals surface area contributed by atoms with E-state index in [9.17, 15) is 0 Å². The summed E-state index contributed by atoms with van der Waals surface area (Å²) in [4.78, 5) is 0. The molecule has 0 rings (SSSR count). The summed E-state index contributed by atoms with van der Waals surface area (Å²) in [6.45, 7) is 6.13. The molecule has 0 aliphatic rings. The number of unbranched alkanes of at least 4 members (excludes halogenated alkanes) is 2. The second kappa shape index (κ2) is 7.56. The van der Waals surface area contributed by atoms with Crippen molar-refractivity contribution in [3.63, 3.8) is 0 Å². The summed E-state index contributed by atoms with van der Waals surface area (Å²) in [7, 11) is 0. The first-order valence-corrected chi connectivity index (χ1v) is 5.04. The third-order valence-electron chi connectivity index (χ3n) is 1.95. The molecule has 2 atom stereocenters. The van der Waals surface area contributed by atoms with Crippen molar-refractivity contribution in [3.05, 3.63) is 0 Å². The summed E-state index contributed by atoms with van der Waals surface area (Å²) >= 11 is 0. The third-order valence-corrected chi connectivity index (χ3v) is 1.95. The summed E-state index contributed by atoms with van der Waals surface area (Å²) in [6.07, 6.45) is 5.07. The van der Waals surface area contributed by atoms with Gasteiger partial charge in [-0.25, -0.2) is 0 Å². The van der Waals surface area contributed by atoms with Gasteiger partial charge in [0.2, 0.25) is 0 Å². The quantitative estimate of drug-likeness (QED) is 0.475. The van der Waals surface area contributed by atoms with Gasteiger partial charge in [-0.2, -0.15) is 0 Å². The normalized spacial score (nSPS) is 16.0. The van der Waals surface area contributed by atoms with Crippen LogP contribution in [-0.4, -0.2) is 17.5 Å². The van der Waals surface area contributed by atoms with Crippen LogP contribution in [0.3, 0.4) is 0 Å². The Kier molecular flexibility index (Phi) is 7.51. The molecule has 0 spiro atoms. The van der Waals surface area contributed by atoms with Crippen LogP contribution in [0.1, 0.15) is 52.9 Å². The first kappa shape index (κ1) is 11.9. The Balaban J connectivity index is 3.26. The predicted octanol–water partition coefficient (Wildman–Crippen LogP) is 2.70. The van der Waals surface area contributed by atoms with Gasteiger partial charge in [0.1, 0.15) is 0 Å². The zero-order valence-corrected chi connectivity index (χ0v) is 8.55. The van der Waals surface area contributed by atoms with Crippen LogP contribution in [0.5, 0.6) is 0 Å². The van der Waals surface area contributed by atoms with E-state index < -0.39 is 6.29 Å². The Morgan fingerprint density at radius 3 is 2.42 bits per heavy atom. The lowest BCUT2D eigenvalue weighted by Crippen LogP contribution is -2.18. The Morgan fingerprint density at radius 2 is 1.92 bits per heavy atom. The Bertz CT molecular complexity index is 93.8. The third kappa shape index (κ3) is 6.62. The first-order chi connectivity index (χ1) is 5.70. The monoisotopic (exact) mass is 174 g/mol. The lowest BCUT2D eigenvalue weighted by Gasteiger charge is -2.16. The zero-order valence-electron chi connectivity index (χ0n) is 8.55. The van der Waals surface area contributed by atoms with Gasteiger partial charge in [-0.15, -0.1) is 0 Å². The highest BCUT2D eigenvalue weighted by atomic mass is 16.6. The van der Waals surface area contributed by atoms with Gasteiger partial charge >= 0.3 is 0 Å². The second-order valence-corrected chi connectivity index (χ2v) is 3.31. The topological polar surface area (TPSA) is 29.5 Å². The minimum absolute atomic E-state index is 0.200. The lowest BCUT2D eigenvalue weighted by molar-refractivity contribution is -0.133. The summed E-state index contributed by atoms with van der Waals surface area (Å²) in [6, 6.07) is 0. The highest BCUT2D eigenvalue weighted by molar-refractivity contribution is 4.51. The molecule has 0 radical (unpaired) electrons. The number of hydrogen-bond donors (Lipinski definition) is 1. The summed E-state index contributed by atoms with van der Waals surface area (Å²) in [5.74, 6) is 0. The fraction of sp³-hybridized carbons (Fsp3) is 1.00. The van der Waals surface area contributed by atoms with Gasteiger partial charge in [0.25, 0.3) is 0 Å². The minimum Gasteiger partial charge on any atom is -0.368 e. The van der Waals surface area contributed by atoms with Gasteiger partial charge in [-0.3, -0.25) is 0 Å². The van der Waals surface area contributed by atoms with Crippen molar-refractivity contribution in [2.24, 2.45) is 0 Å². The molecule has 0 aromatic carbocycles. The fourth-order valence-corrected chi connectivity index (χ4v) is 1.11. The molecule has 2 unspecified atom stereocenters. The van der Waals surface area contributed by atoms with Crippen LogP contribution < -0.4 is 0 Å². The molecule has 0 aromatic rings. The standard InChI is InChI=1S/C10H22O2/c1-4-6-7-8-9(3)12-10(11)5-2/h9-11H,4-8H2,1-3H3. The fourth-order valence-electron chi connectivity index (χ4n) is 1.11. The molecule has 0 saturated carbocycles. The summed E-state index contributed by atoms with van der Waals surface area (Å²) in [5.41, 5.74) is 0. The van der Waals surface area contributed by atoms with E-state index >= 15 is 0 Å². The van der Waals surface area contributed by atoms with Crippen LogP contribution in [0, 0.1) is 0 Å². The molecular formula is C10H22O2. The number of aliphatic hydroxyl groups excluding tert-OH is 1. The molecule has 12 heavy (non-hydrogen) atoms. The van der Waals surface area contributed by atoms with Gasteiger partial charge in [0.15, 0.2) is 6.29 Å². The molecular weight excluding hydrogens is 152 g/mol. The molecule has 1 N–H and O–H groups in total. The van der Waals surface area contributed by atoms with Crippen molar-refractivity contribution >= 4 is 0 Å². The molecule has 2 nitrogen and oxygen atoms in total. The van der Waals surface area contributed by atoms with Crippen LogP contribution in [0.15, 0.2) is 0 Å². The molecule has 0 aromatic heterocycles. The van der Waals surface area contributed by atoms with Crippen LogP contribution in [0.25, 0.3) is 0 Å². The van der Waals surface area contributed by atoms with E-state index in [-0.39, 0.29) is 6.10 Å². The van der Waals surface area contributed by atoms with Crippen LogP contribution >= 0.6 is 0 Å². The summed E-state index contributed by atoms with van der Waals surface area (Å²) in [5, 5.41) is 9.16. The smallest absolute Gasteiger partial charge is 0.154 e. The maximum absolute atomic E-state index is 9.16. The van der Waals surface area contributed by atoms with Gasteiger partial charge in [0.05, 0.1) is 6.10 Å². The van der Waals surface area contributed by atoms with E-state index in [1.54, 1.807) is 0 Å². The Morgan fingerprint density at radius 1 is 1.25 bits per heavy atom. The van der Waals surface area contributed by atoms with Gasteiger partial charge < -0.3 is 9.84 Å². The zero-order chi connectivity index (χ0) is 9.40. The van der Waals surface area contributed by atoms with E-state index in [1.165, 1.54) is 19.3 Å². The van der Waals surface area contributed by atoms with Crippen LogP contribution in [0.4, 0.5) is 0 Å². The van der Waals surface area contributed by atoms with Crippen molar-refractivity contribution in [1.29, 1.82) is 0 Å². The maximum atomic E-state index is 9.16. The number of ether oxygens (including phenoxy) is 1. The van der Waals surface area contributed by atoms with E-state index in [2.05, 4.69) is 6.92 Å². The number of aliphatic hydroxyl groups is 1. The van der Waals surface area contributed by atoms with Gasteiger partial charge in [-0.1, -0.05) is 33.1 Å². The summed E-state index contributed by atoms with van der Waals surface area (Å²) < 4.78 is 5.30. The van der Waals surface area contributed by atoms with Crippen molar-refractivity contribution < 1.29 is 9.84 Å².